The van der Waals surface area contributed by atoms with E-state index >= 15 is 0 Å². The van der Waals surface area contributed by atoms with E-state index in [9.17, 15) is 4.79 Å². The Morgan fingerprint density at radius 3 is 2.87 bits per heavy atom. The largest absolute Gasteiger partial charge is 0.480 e. The number of imidazole rings is 2. The molecule has 0 saturated carbocycles. The SMILES string of the molecule is COc1nc2ccccc2cc1-c1cnc([C@@H](N)CCCCCC(=O)c2ncc[nH]2)[nH]1. The van der Waals surface area contributed by atoms with Crippen LogP contribution in [-0.2, 0) is 0 Å². The number of nitrogens with two attached hydrogens (primary N) is 1. The maximum atomic E-state index is 11.9. The summed E-state index contributed by atoms with van der Waals surface area (Å²) in [4.78, 5) is 31.2. The lowest BCUT2D eigenvalue weighted by molar-refractivity contribution is 0.0970. The summed E-state index contributed by atoms with van der Waals surface area (Å²) in [5, 5.41) is 1.03. The molecule has 0 aliphatic carbocycles. The van der Waals surface area contributed by atoms with Crippen molar-refractivity contribution in [3.05, 3.63) is 60.6 Å². The number of hydrogen-bond donors (Lipinski definition) is 3. The van der Waals surface area contributed by atoms with Gasteiger partial charge in [-0.15, -0.1) is 0 Å². The zero-order valence-electron chi connectivity index (χ0n) is 17.5. The summed E-state index contributed by atoms with van der Waals surface area (Å²) in [5.41, 5.74) is 8.90. The zero-order valence-corrected chi connectivity index (χ0v) is 17.5. The molecule has 0 fully saturated rings. The van der Waals surface area contributed by atoms with Crippen LogP contribution < -0.4 is 10.5 Å². The third-order valence-electron chi connectivity index (χ3n) is 5.30. The van der Waals surface area contributed by atoms with Crippen LogP contribution in [0.25, 0.3) is 22.2 Å². The van der Waals surface area contributed by atoms with E-state index in [4.69, 9.17) is 10.5 Å². The van der Waals surface area contributed by atoms with Gasteiger partial charge in [0.25, 0.3) is 0 Å². The summed E-state index contributed by atoms with van der Waals surface area (Å²) in [6, 6.07) is 9.75. The van der Waals surface area contributed by atoms with E-state index in [0.29, 0.717) is 18.1 Å². The number of aromatic nitrogens is 5. The lowest BCUT2D eigenvalue weighted by Crippen LogP contribution is -2.12. The molecule has 0 unspecified atom stereocenters. The monoisotopic (exact) mass is 418 g/mol. The van der Waals surface area contributed by atoms with Crippen molar-refractivity contribution in [3.8, 4) is 17.1 Å². The molecule has 4 N–H and O–H groups in total. The number of Topliss-reactive ketones (excluding diaryl/α,β-unsaturated/α-hetero) is 1. The molecule has 4 rings (SSSR count). The number of ketones is 1. The molecule has 0 aliphatic heterocycles. The third kappa shape index (κ3) is 4.80. The van der Waals surface area contributed by atoms with Gasteiger partial charge in [-0.05, 0) is 25.0 Å². The maximum Gasteiger partial charge on any atom is 0.223 e. The van der Waals surface area contributed by atoms with E-state index in [0.717, 1.165) is 53.7 Å². The van der Waals surface area contributed by atoms with Crippen LogP contribution >= 0.6 is 0 Å². The summed E-state index contributed by atoms with van der Waals surface area (Å²) in [7, 11) is 1.61. The van der Waals surface area contributed by atoms with Crippen molar-refractivity contribution in [3.63, 3.8) is 0 Å². The van der Waals surface area contributed by atoms with Gasteiger partial charge in [0.2, 0.25) is 5.88 Å². The molecule has 3 aromatic heterocycles. The second-order valence-corrected chi connectivity index (χ2v) is 7.49. The second kappa shape index (κ2) is 9.53. The van der Waals surface area contributed by atoms with Gasteiger partial charge in [0.1, 0.15) is 5.82 Å². The highest BCUT2D eigenvalue weighted by Gasteiger charge is 2.15. The number of ether oxygens (including phenoxy) is 1. The molecule has 0 bridgehead atoms. The number of carbonyl (C=O) groups excluding carboxylic acids is 1. The van der Waals surface area contributed by atoms with Gasteiger partial charge >= 0.3 is 0 Å². The van der Waals surface area contributed by atoms with Crippen molar-refractivity contribution in [1.82, 2.24) is 24.9 Å². The molecule has 0 aliphatic rings. The molecular weight excluding hydrogens is 392 g/mol. The summed E-state index contributed by atoms with van der Waals surface area (Å²) in [5.74, 6) is 1.75. The minimum Gasteiger partial charge on any atom is -0.480 e. The Labute approximate surface area is 180 Å². The second-order valence-electron chi connectivity index (χ2n) is 7.49. The van der Waals surface area contributed by atoms with Crippen LogP contribution in [0.1, 0.15) is 54.6 Å². The standard InChI is InChI=1S/C23H26N6O2/c1-31-23-16(13-15-7-5-6-9-18(15)29-23)19-14-27-21(28-19)17(24)8-3-2-4-10-20(30)22-25-11-12-26-22/h5-7,9,11-14,17H,2-4,8,10,24H2,1H3,(H,25,26)(H,27,28)/t17-/m0/s1. The number of unbranched alkanes of at least 4 members (excludes halogenated alkanes) is 2. The first-order valence-corrected chi connectivity index (χ1v) is 10.4. The first-order chi connectivity index (χ1) is 15.2. The van der Waals surface area contributed by atoms with Gasteiger partial charge in [-0.25, -0.2) is 15.0 Å². The number of benzene rings is 1. The molecule has 0 spiro atoms. The molecule has 31 heavy (non-hydrogen) atoms. The Balaban J connectivity index is 1.34. The molecule has 0 amide bonds. The summed E-state index contributed by atoms with van der Waals surface area (Å²) < 4.78 is 5.49. The highest BCUT2D eigenvalue weighted by atomic mass is 16.5. The van der Waals surface area contributed by atoms with Gasteiger partial charge in [-0.3, -0.25) is 4.79 Å². The van der Waals surface area contributed by atoms with E-state index in [1.165, 1.54) is 0 Å². The Kier molecular flexibility index (Phi) is 6.37. The fraction of sp³-hybridized carbons (Fsp3) is 0.304. The number of pyridine rings is 1. The lowest BCUT2D eigenvalue weighted by atomic mass is 10.1. The molecule has 0 saturated heterocycles. The third-order valence-corrected chi connectivity index (χ3v) is 5.30. The minimum absolute atomic E-state index is 0.0444. The number of nitrogens with zero attached hydrogens (tertiary/aromatic N) is 3. The number of fused-ring (bicyclic) bond motifs is 1. The first-order valence-electron chi connectivity index (χ1n) is 10.4. The number of methoxy groups -OCH3 is 1. The smallest absolute Gasteiger partial charge is 0.223 e. The van der Waals surface area contributed by atoms with Crippen molar-refractivity contribution in [2.75, 3.05) is 7.11 Å². The van der Waals surface area contributed by atoms with Gasteiger partial charge in [-0.2, -0.15) is 0 Å². The Morgan fingerprint density at radius 2 is 2.06 bits per heavy atom. The van der Waals surface area contributed by atoms with Crippen molar-refractivity contribution in [1.29, 1.82) is 0 Å². The average Bonchev–Trinajstić information content (AvgIpc) is 3.50. The van der Waals surface area contributed by atoms with E-state index in [1.54, 1.807) is 25.7 Å². The molecule has 1 atom stereocenters. The van der Waals surface area contributed by atoms with Crippen LogP contribution in [-0.4, -0.2) is 37.8 Å². The number of para-hydroxylation sites is 1. The van der Waals surface area contributed by atoms with Crippen molar-refractivity contribution in [2.24, 2.45) is 5.73 Å². The summed E-state index contributed by atoms with van der Waals surface area (Å²) >= 11 is 0. The molecule has 1 aromatic carbocycles. The molecule has 8 heteroatoms. The lowest BCUT2D eigenvalue weighted by Gasteiger charge is -2.10. The zero-order chi connectivity index (χ0) is 21.6. The fourth-order valence-electron chi connectivity index (χ4n) is 3.61. The van der Waals surface area contributed by atoms with Crippen molar-refractivity contribution >= 4 is 16.7 Å². The van der Waals surface area contributed by atoms with Gasteiger partial charge in [0, 0.05) is 24.2 Å². The highest BCUT2D eigenvalue weighted by molar-refractivity contribution is 5.92. The number of aromatic amines is 2. The Morgan fingerprint density at radius 1 is 1.19 bits per heavy atom. The van der Waals surface area contributed by atoms with Crippen molar-refractivity contribution < 1.29 is 9.53 Å². The van der Waals surface area contributed by atoms with Gasteiger partial charge in [0.05, 0.1) is 36.1 Å². The number of rotatable bonds is 10. The van der Waals surface area contributed by atoms with Crippen LogP contribution in [0.3, 0.4) is 0 Å². The topological polar surface area (TPSA) is 123 Å². The number of carbonyl (C=O) groups is 1. The summed E-state index contributed by atoms with van der Waals surface area (Å²) in [6.07, 6.45) is 8.96. The fourth-order valence-corrected chi connectivity index (χ4v) is 3.61. The normalized spacial score (nSPS) is 12.2. The molecule has 8 nitrogen and oxygen atoms in total. The van der Waals surface area contributed by atoms with Crippen LogP contribution in [0.15, 0.2) is 48.9 Å². The molecular formula is C23H26N6O2. The Hall–Kier alpha value is -3.52. The van der Waals surface area contributed by atoms with Crippen molar-refractivity contribution in [2.45, 2.75) is 38.1 Å². The predicted molar refractivity (Wildman–Crippen MR) is 119 cm³/mol. The quantitative estimate of drug-likeness (QED) is 0.262. The van der Waals surface area contributed by atoms with Crippen LogP contribution in [0.4, 0.5) is 0 Å². The number of hydrogen-bond acceptors (Lipinski definition) is 6. The van der Waals surface area contributed by atoms with Gasteiger partial charge in [-0.1, -0.05) is 31.0 Å². The van der Waals surface area contributed by atoms with Crippen LogP contribution in [0.5, 0.6) is 5.88 Å². The Bertz CT molecular complexity index is 1150. The molecule has 0 radical (unpaired) electrons. The van der Waals surface area contributed by atoms with E-state index in [2.05, 4.69) is 24.9 Å². The number of H-pyrrole nitrogens is 2. The first kappa shape index (κ1) is 20.7. The summed E-state index contributed by atoms with van der Waals surface area (Å²) in [6.45, 7) is 0. The maximum absolute atomic E-state index is 11.9. The van der Waals surface area contributed by atoms with Gasteiger partial charge in [0.15, 0.2) is 11.6 Å². The van der Waals surface area contributed by atoms with Gasteiger partial charge < -0.3 is 20.4 Å². The van der Waals surface area contributed by atoms with Crippen LogP contribution in [0.2, 0.25) is 0 Å². The predicted octanol–water partition coefficient (Wildman–Crippen LogP) is 4.19. The highest BCUT2D eigenvalue weighted by Crippen LogP contribution is 2.31. The van der Waals surface area contributed by atoms with E-state index in [1.807, 2.05) is 30.3 Å². The van der Waals surface area contributed by atoms with E-state index < -0.39 is 0 Å². The molecule has 4 aromatic rings. The minimum atomic E-state index is -0.200. The van der Waals surface area contributed by atoms with E-state index in [-0.39, 0.29) is 11.8 Å². The van der Waals surface area contributed by atoms with Crippen LogP contribution in [0, 0.1) is 0 Å². The molecule has 3 heterocycles. The number of nitrogens with one attached hydrogen (secondary N) is 2. The average molecular weight is 419 g/mol. The molecule has 160 valence electrons.